The number of benzene rings is 3. The summed E-state index contributed by atoms with van der Waals surface area (Å²) in [5.41, 5.74) is 5.06. The van der Waals surface area contributed by atoms with Crippen molar-refractivity contribution in [2.75, 3.05) is 31.1 Å². The van der Waals surface area contributed by atoms with Crippen molar-refractivity contribution in [3.05, 3.63) is 113 Å². The van der Waals surface area contributed by atoms with E-state index in [-0.39, 0.29) is 5.82 Å². The Hall–Kier alpha value is -4.10. The molecule has 1 aliphatic heterocycles. The Balaban J connectivity index is 1.33. The van der Waals surface area contributed by atoms with Crippen molar-refractivity contribution in [1.29, 1.82) is 0 Å². The molecule has 3 aromatic carbocycles. The number of hydrogen-bond acceptors (Lipinski definition) is 5. The molecule has 0 bridgehead atoms. The van der Waals surface area contributed by atoms with Gasteiger partial charge in [-0.15, -0.1) is 0 Å². The molecule has 0 unspecified atom stereocenters. The molecule has 5 aromatic rings. The van der Waals surface area contributed by atoms with Gasteiger partial charge in [-0.2, -0.15) is 5.10 Å². The lowest BCUT2D eigenvalue weighted by Gasteiger charge is -2.35. The van der Waals surface area contributed by atoms with Crippen LogP contribution >= 0.6 is 0 Å². The molecule has 3 heterocycles. The molecule has 0 atom stereocenters. The molecule has 2 aromatic heterocycles. The topological polar surface area (TPSA) is 50.1 Å². The fraction of sp³-hybridized carbons (Fsp3) is 0.233. The number of piperazine rings is 1. The third-order valence-electron chi connectivity index (χ3n) is 6.93. The second-order valence-electron chi connectivity index (χ2n) is 9.55. The van der Waals surface area contributed by atoms with Gasteiger partial charge in [0.15, 0.2) is 5.65 Å². The van der Waals surface area contributed by atoms with Crippen molar-refractivity contribution < 1.29 is 4.39 Å². The van der Waals surface area contributed by atoms with Crippen molar-refractivity contribution in [3.63, 3.8) is 0 Å². The molecule has 1 aliphatic rings. The van der Waals surface area contributed by atoms with Gasteiger partial charge in [0.05, 0.1) is 16.8 Å². The standard InChI is InChI=1S/C30H29FN6/c1-22-28-29(36-18-16-35(17-19-36)21-24-12-14-25(31)15-13-24)32-27(20-23-8-4-2-5-9-23)33-30(28)37(34-22)26-10-6-3-7-11-26/h2-15H,16-21H2,1H3. The molecule has 7 heteroatoms. The number of hydrogen-bond donors (Lipinski definition) is 0. The van der Waals surface area contributed by atoms with Crippen LogP contribution in [0.4, 0.5) is 10.2 Å². The highest BCUT2D eigenvalue weighted by molar-refractivity contribution is 5.91. The summed E-state index contributed by atoms with van der Waals surface area (Å²) in [7, 11) is 0. The first-order chi connectivity index (χ1) is 18.1. The fourth-order valence-corrected chi connectivity index (χ4v) is 5.01. The number of anilines is 1. The van der Waals surface area contributed by atoms with Gasteiger partial charge >= 0.3 is 0 Å². The number of halogens is 1. The molecule has 1 fully saturated rings. The van der Waals surface area contributed by atoms with E-state index >= 15 is 0 Å². The van der Waals surface area contributed by atoms with Crippen molar-refractivity contribution in [2.24, 2.45) is 0 Å². The van der Waals surface area contributed by atoms with E-state index in [4.69, 9.17) is 15.1 Å². The Kier molecular flexibility index (Phi) is 6.37. The minimum Gasteiger partial charge on any atom is -0.353 e. The van der Waals surface area contributed by atoms with Crippen LogP contribution in [0, 0.1) is 12.7 Å². The first-order valence-electron chi connectivity index (χ1n) is 12.7. The average molecular weight is 493 g/mol. The van der Waals surface area contributed by atoms with Gasteiger partial charge in [0.2, 0.25) is 0 Å². The summed E-state index contributed by atoms with van der Waals surface area (Å²) in [6.07, 6.45) is 0.660. The largest absolute Gasteiger partial charge is 0.353 e. The van der Waals surface area contributed by atoms with Crippen LogP contribution < -0.4 is 4.90 Å². The van der Waals surface area contributed by atoms with Crippen molar-refractivity contribution in [2.45, 2.75) is 19.9 Å². The zero-order valence-corrected chi connectivity index (χ0v) is 20.9. The van der Waals surface area contributed by atoms with E-state index in [0.29, 0.717) is 6.42 Å². The molecule has 0 radical (unpaired) electrons. The number of aromatic nitrogens is 4. The first kappa shape index (κ1) is 23.3. The highest BCUT2D eigenvalue weighted by atomic mass is 19.1. The van der Waals surface area contributed by atoms with Crippen LogP contribution in [-0.4, -0.2) is 50.8 Å². The molecule has 0 aliphatic carbocycles. The maximum Gasteiger partial charge on any atom is 0.169 e. The number of nitrogens with zero attached hydrogens (tertiary/aromatic N) is 6. The van der Waals surface area contributed by atoms with E-state index in [1.807, 2.05) is 60.1 Å². The smallest absolute Gasteiger partial charge is 0.169 e. The molecule has 0 saturated carbocycles. The van der Waals surface area contributed by atoms with E-state index in [2.05, 4.69) is 34.1 Å². The third-order valence-corrected chi connectivity index (χ3v) is 6.93. The molecule has 6 rings (SSSR count). The van der Waals surface area contributed by atoms with Crippen LogP contribution in [0.5, 0.6) is 0 Å². The lowest BCUT2D eigenvalue weighted by Crippen LogP contribution is -2.46. The molecule has 0 amide bonds. The molecule has 6 nitrogen and oxygen atoms in total. The van der Waals surface area contributed by atoms with Gasteiger partial charge in [-0.1, -0.05) is 60.7 Å². The maximum atomic E-state index is 13.3. The summed E-state index contributed by atoms with van der Waals surface area (Å²) in [4.78, 5) is 14.9. The summed E-state index contributed by atoms with van der Waals surface area (Å²) in [6.45, 7) is 6.38. The zero-order valence-electron chi connectivity index (χ0n) is 20.9. The number of aryl methyl sites for hydroxylation is 1. The van der Waals surface area contributed by atoms with Crippen LogP contribution in [0.2, 0.25) is 0 Å². The molecule has 0 N–H and O–H groups in total. The number of rotatable bonds is 6. The summed E-state index contributed by atoms with van der Waals surface area (Å²) >= 11 is 0. The average Bonchev–Trinajstić information content (AvgIpc) is 3.27. The van der Waals surface area contributed by atoms with Crippen LogP contribution in [0.3, 0.4) is 0 Å². The molecule has 186 valence electrons. The highest BCUT2D eigenvalue weighted by Gasteiger charge is 2.25. The van der Waals surface area contributed by atoms with E-state index in [0.717, 1.165) is 72.3 Å². The quantitative estimate of drug-likeness (QED) is 0.327. The SMILES string of the molecule is Cc1nn(-c2ccccc2)c2nc(Cc3ccccc3)nc(N3CCN(Cc4ccc(F)cc4)CC3)c12. The van der Waals surface area contributed by atoms with Gasteiger partial charge in [0.1, 0.15) is 17.5 Å². The normalized spacial score (nSPS) is 14.4. The van der Waals surface area contributed by atoms with Crippen LogP contribution in [0.15, 0.2) is 84.9 Å². The monoisotopic (exact) mass is 492 g/mol. The van der Waals surface area contributed by atoms with Crippen molar-refractivity contribution in [1.82, 2.24) is 24.6 Å². The predicted molar refractivity (Wildman–Crippen MR) is 145 cm³/mol. The van der Waals surface area contributed by atoms with Gasteiger partial charge in [0.25, 0.3) is 0 Å². The number of fused-ring (bicyclic) bond motifs is 1. The summed E-state index contributed by atoms with van der Waals surface area (Å²) in [5, 5.41) is 5.90. The summed E-state index contributed by atoms with van der Waals surface area (Å²) < 4.78 is 15.2. The van der Waals surface area contributed by atoms with Crippen LogP contribution in [0.1, 0.15) is 22.6 Å². The minimum absolute atomic E-state index is 0.195. The first-order valence-corrected chi connectivity index (χ1v) is 12.7. The van der Waals surface area contributed by atoms with E-state index < -0.39 is 0 Å². The zero-order chi connectivity index (χ0) is 25.2. The Bertz CT molecular complexity index is 1490. The lowest BCUT2D eigenvalue weighted by atomic mass is 10.1. The fourth-order valence-electron chi connectivity index (χ4n) is 5.01. The summed E-state index contributed by atoms with van der Waals surface area (Å²) in [5.74, 6) is 1.55. The lowest BCUT2D eigenvalue weighted by molar-refractivity contribution is 0.249. The Labute approximate surface area is 216 Å². The Morgan fingerprint density at radius 1 is 0.757 bits per heavy atom. The molecule has 37 heavy (non-hydrogen) atoms. The van der Waals surface area contributed by atoms with Crippen LogP contribution in [0.25, 0.3) is 16.7 Å². The molecular formula is C30H29FN6. The molecule has 0 spiro atoms. The Morgan fingerprint density at radius 2 is 1.43 bits per heavy atom. The highest BCUT2D eigenvalue weighted by Crippen LogP contribution is 2.30. The van der Waals surface area contributed by atoms with E-state index in [1.165, 1.54) is 17.7 Å². The maximum absolute atomic E-state index is 13.3. The molecule has 1 saturated heterocycles. The van der Waals surface area contributed by atoms with Gasteiger partial charge in [-0.25, -0.2) is 19.0 Å². The number of para-hydroxylation sites is 1. The third kappa shape index (κ3) is 4.95. The van der Waals surface area contributed by atoms with Crippen molar-refractivity contribution in [3.8, 4) is 5.69 Å². The second kappa shape index (κ2) is 10.1. The van der Waals surface area contributed by atoms with Crippen LogP contribution in [-0.2, 0) is 13.0 Å². The van der Waals surface area contributed by atoms with Gasteiger partial charge < -0.3 is 4.90 Å². The van der Waals surface area contributed by atoms with Gasteiger partial charge in [0, 0.05) is 39.1 Å². The van der Waals surface area contributed by atoms with E-state index in [9.17, 15) is 4.39 Å². The Morgan fingerprint density at radius 3 is 2.14 bits per heavy atom. The predicted octanol–water partition coefficient (Wildman–Crippen LogP) is 5.18. The van der Waals surface area contributed by atoms with Gasteiger partial charge in [-0.3, -0.25) is 4.90 Å². The minimum atomic E-state index is -0.195. The second-order valence-corrected chi connectivity index (χ2v) is 9.55. The molecular weight excluding hydrogens is 463 g/mol. The van der Waals surface area contributed by atoms with Crippen molar-refractivity contribution >= 4 is 16.9 Å². The summed E-state index contributed by atoms with van der Waals surface area (Å²) in [6, 6.07) is 27.3. The van der Waals surface area contributed by atoms with Gasteiger partial charge in [-0.05, 0) is 42.3 Å². The van der Waals surface area contributed by atoms with E-state index in [1.54, 1.807) is 0 Å².